The summed E-state index contributed by atoms with van der Waals surface area (Å²) in [5.41, 5.74) is -0.241. The van der Waals surface area contributed by atoms with Crippen LogP contribution in [0.4, 0.5) is 0 Å². The first-order chi connectivity index (χ1) is 4.74. The zero-order chi connectivity index (χ0) is 7.56. The van der Waals surface area contributed by atoms with Gasteiger partial charge in [-0.15, -0.1) is 12.6 Å². The van der Waals surface area contributed by atoms with Gasteiger partial charge in [0.05, 0.1) is 0 Å². The molecule has 0 aliphatic heterocycles. The predicted octanol–water partition coefficient (Wildman–Crippen LogP) is 0.552. The number of hydrogen-bond donors (Lipinski definition) is 1. The monoisotopic (exact) mass is 156 g/mol. The molecule has 0 fully saturated rings. The van der Waals surface area contributed by atoms with E-state index in [0.717, 1.165) is 0 Å². The molecule has 1 rings (SSSR count). The van der Waals surface area contributed by atoms with Crippen molar-refractivity contribution in [1.82, 2.24) is 9.55 Å². The van der Waals surface area contributed by atoms with Crippen molar-refractivity contribution in [1.29, 1.82) is 0 Å². The number of nitrogens with zero attached hydrogens (tertiary/aromatic N) is 2. The van der Waals surface area contributed by atoms with E-state index < -0.39 is 0 Å². The third kappa shape index (κ3) is 1.39. The van der Waals surface area contributed by atoms with Crippen molar-refractivity contribution >= 4 is 12.6 Å². The highest BCUT2D eigenvalue weighted by Crippen LogP contribution is 1.93. The summed E-state index contributed by atoms with van der Waals surface area (Å²) in [6.07, 6.45) is 1.68. The van der Waals surface area contributed by atoms with Crippen LogP contribution in [0, 0.1) is 0 Å². The molecule has 0 bridgehead atoms. The van der Waals surface area contributed by atoms with Crippen LogP contribution in [0.1, 0.15) is 6.92 Å². The number of aryl methyl sites for hydroxylation is 1. The lowest BCUT2D eigenvalue weighted by molar-refractivity contribution is 0.684. The average Bonchev–Trinajstić information content (AvgIpc) is 1.88. The highest BCUT2D eigenvalue weighted by Gasteiger charge is 1.92. The highest BCUT2D eigenvalue weighted by molar-refractivity contribution is 7.80. The minimum Gasteiger partial charge on any atom is -0.299 e. The standard InChI is InChI=1S/C6H8N2OS/c1-2-8-4-3-5(10)7-6(8)9/h3-4H,2H2,1H3,(H,7,9,10). The van der Waals surface area contributed by atoms with Crippen molar-refractivity contribution in [3.8, 4) is 0 Å². The van der Waals surface area contributed by atoms with E-state index in [0.29, 0.717) is 11.6 Å². The number of thiol groups is 1. The molecule has 0 unspecified atom stereocenters. The second-order valence-electron chi connectivity index (χ2n) is 1.85. The molecule has 0 N–H and O–H groups in total. The van der Waals surface area contributed by atoms with Gasteiger partial charge in [-0.1, -0.05) is 0 Å². The van der Waals surface area contributed by atoms with Gasteiger partial charge in [-0.3, -0.25) is 4.57 Å². The number of hydrogen-bond acceptors (Lipinski definition) is 3. The molecule has 0 amide bonds. The summed E-state index contributed by atoms with van der Waals surface area (Å²) < 4.78 is 1.51. The number of aromatic nitrogens is 2. The van der Waals surface area contributed by atoms with Crippen LogP contribution in [-0.2, 0) is 6.54 Å². The van der Waals surface area contributed by atoms with Gasteiger partial charge in [-0.25, -0.2) is 4.79 Å². The molecule has 0 atom stereocenters. The minimum absolute atomic E-state index is 0.241. The first kappa shape index (κ1) is 7.34. The second-order valence-corrected chi connectivity index (χ2v) is 2.31. The molecule has 0 aromatic carbocycles. The molecule has 1 heterocycles. The largest absolute Gasteiger partial charge is 0.348 e. The van der Waals surface area contributed by atoms with Crippen LogP contribution in [0.15, 0.2) is 22.1 Å². The van der Waals surface area contributed by atoms with Crippen LogP contribution < -0.4 is 5.69 Å². The first-order valence-electron chi connectivity index (χ1n) is 3.00. The van der Waals surface area contributed by atoms with Crippen LogP contribution >= 0.6 is 12.6 Å². The Balaban J connectivity index is 3.20. The lowest BCUT2D eigenvalue weighted by Crippen LogP contribution is -2.21. The van der Waals surface area contributed by atoms with Crippen LogP contribution in [0.5, 0.6) is 0 Å². The van der Waals surface area contributed by atoms with Crippen molar-refractivity contribution in [3.05, 3.63) is 22.7 Å². The molecule has 54 valence electrons. The van der Waals surface area contributed by atoms with E-state index in [-0.39, 0.29) is 5.69 Å². The third-order valence-corrected chi connectivity index (χ3v) is 1.45. The minimum atomic E-state index is -0.241. The molecular weight excluding hydrogens is 148 g/mol. The smallest absolute Gasteiger partial charge is 0.299 e. The van der Waals surface area contributed by atoms with Gasteiger partial charge < -0.3 is 0 Å². The molecule has 0 saturated heterocycles. The molecule has 0 aliphatic rings. The maximum absolute atomic E-state index is 10.9. The van der Waals surface area contributed by atoms with Crippen LogP contribution in [0.3, 0.4) is 0 Å². The zero-order valence-corrected chi connectivity index (χ0v) is 6.51. The van der Waals surface area contributed by atoms with Crippen molar-refractivity contribution in [3.63, 3.8) is 0 Å². The van der Waals surface area contributed by atoms with E-state index in [1.807, 2.05) is 6.92 Å². The average molecular weight is 156 g/mol. The molecule has 0 saturated carbocycles. The summed E-state index contributed by atoms with van der Waals surface area (Å²) in [5, 5.41) is 0.467. The fourth-order valence-electron chi connectivity index (χ4n) is 0.661. The third-order valence-electron chi connectivity index (χ3n) is 1.20. The Morgan fingerprint density at radius 1 is 1.80 bits per heavy atom. The van der Waals surface area contributed by atoms with E-state index in [4.69, 9.17) is 0 Å². The highest BCUT2D eigenvalue weighted by atomic mass is 32.1. The van der Waals surface area contributed by atoms with E-state index in [1.165, 1.54) is 4.57 Å². The first-order valence-corrected chi connectivity index (χ1v) is 3.45. The van der Waals surface area contributed by atoms with Gasteiger partial charge in [0.25, 0.3) is 0 Å². The Kier molecular flexibility index (Phi) is 2.11. The number of rotatable bonds is 1. The van der Waals surface area contributed by atoms with Crippen LogP contribution in [0.2, 0.25) is 0 Å². The van der Waals surface area contributed by atoms with Crippen LogP contribution in [-0.4, -0.2) is 9.55 Å². The molecular formula is C6H8N2OS. The molecule has 0 radical (unpaired) electrons. The van der Waals surface area contributed by atoms with E-state index in [1.54, 1.807) is 12.3 Å². The van der Waals surface area contributed by atoms with Gasteiger partial charge in [-0.2, -0.15) is 4.98 Å². The Morgan fingerprint density at radius 3 is 3.00 bits per heavy atom. The summed E-state index contributed by atoms with van der Waals surface area (Å²) in [5.74, 6) is 0. The normalized spacial score (nSPS) is 9.80. The predicted molar refractivity (Wildman–Crippen MR) is 41.4 cm³/mol. The molecule has 1 aromatic heterocycles. The van der Waals surface area contributed by atoms with Gasteiger partial charge in [0.2, 0.25) is 0 Å². The van der Waals surface area contributed by atoms with Gasteiger partial charge >= 0.3 is 5.69 Å². The molecule has 1 aromatic rings. The van der Waals surface area contributed by atoms with Gasteiger partial charge in [0, 0.05) is 12.7 Å². The Morgan fingerprint density at radius 2 is 2.50 bits per heavy atom. The summed E-state index contributed by atoms with van der Waals surface area (Å²) in [7, 11) is 0. The summed E-state index contributed by atoms with van der Waals surface area (Å²) >= 11 is 3.92. The molecule has 0 aliphatic carbocycles. The lowest BCUT2D eigenvalue weighted by Gasteiger charge is -1.97. The summed E-state index contributed by atoms with van der Waals surface area (Å²) in [6.45, 7) is 2.54. The van der Waals surface area contributed by atoms with E-state index in [9.17, 15) is 4.79 Å². The SMILES string of the molecule is CCn1ccc(S)nc1=O. The fraction of sp³-hybridized carbons (Fsp3) is 0.333. The molecule has 4 heteroatoms. The van der Waals surface area contributed by atoms with Crippen molar-refractivity contribution in [2.75, 3.05) is 0 Å². The molecule has 0 spiro atoms. The van der Waals surface area contributed by atoms with Gasteiger partial charge in [-0.05, 0) is 13.0 Å². The fourth-order valence-corrected chi connectivity index (χ4v) is 0.813. The lowest BCUT2D eigenvalue weighted by atomic mass is 10.6. The maximum Gasteiger partial charge on any atom is 0.348 e. The van der Waals surface area contributed by atoms with E-state index >= 15 is 0 Å². The summed E-state index contributed by atoms with van der Waals surface area (Å²) in [6, 6.07) is 1.69. The Labute approximate surface area is 64.1 Å². The van der Waals surface area contributed by atoms with E-state index in [2.05, 4.69) is 17.6 Å². The van der Waals surface area contributed by atoms with Crippen LogP contribution in [0.25, 0.3) is 0 Å². The quantitative estimate of drug-likeness (QED) is 0.476. The van der Waals surface area contributed by atoms with Crippen molar-refractivity contribution in [2.24, 2.45) is 0 Å². The van der Waals surface area contributed by atoms with Crippen molar-refractivity contribution < 1.29 is 0 Å². The van der Waals surface area contributed by atoms with Crippen molar-refractivity contribution in [2.45, 2.75) is 18.5 Å². The summed E-state index contributed by atoms with van der Waals surface area (Å²) in [4.78, 5) is 14.5. The molecule has 10 heavy (non-hydrogen) atoms. The Hall–Kier alpha value is -0.770. The van der Waals surface area contributed by atoms with Gasteiger partial charge in [0.1, 0.15) is 5.03 Å². The topological polar surface area (TPSA) is 34.9 Å². The molecule has 3 nitrogen and oxygen atoms in total. The zero-order valence-electron chi connectivity index (χ0n) is 5.61. The second kappa shape index (κ2) is 2.88. The maximum atomic E-state index is 10.9. The Bertz CT molecular complexity index is 281. The van der Waals surface area contributed by atoms with Gasteiger partial charge in [0.15, 0.2) is 0 Å².